The highest BCUT2D eigenvalue weighted by atomic mass is 15.3. The number of nitrogens with one attached hydrogen (secondary N) is 1. The molecule has 1 aliphatic carbocycles. The number of fused-ring (bicyclic) bond motifs is 3. The molecule has 0 bridgehead atoms. The summed E-state index contributed by atoms with van der Waals surface area (Å²) < 4.78 is 0. The third-order valence-corrected chi connectivity index (χ3v) is 7.44. The first-order chi connectivity index (χ1) is 15.4. The molecule has 4 aliphatic heterocycles. The van der Waals surface area contributed by atoms with E-state index in [2.05, 4.69) is 67.9 Å². The van der Waals surface area contributed by atoms with Gasteiger partial charge in [-0.2, -0.15) is 0 Å². The monoisotopic (exact) mass is 416 g/mol. The van der Waals surface area contributed by atoms with Crippen LogP contribution in [0, 0.1) is 11.8 Å². The summed E-state index contributed by atoms with van der Waals surface area (Å²) in [6.45, 7) is 5.00. The Labute approximate surface area is 185 Å². The number of hydrogen-bond acceptors (Lipinski definition) is 6. The molecule has 5 heterocycles. The number of allylic oxidation sites excluding steroid dienone is 2. The molecule has 6 rings (SSSR count). The highest BCUT2D eigenvalue weighted by molar-refractivity contribution is 5.71. The molecule has 1 saturated carbocycles. The second-order valence-corrected chi connectivity index (χ2v) is 9.27. The fourth-order valence-electron chi connectivity index (χ4n) is 5.84. The molecule has 0 radical (unpaired) electrons. The fraction of sp³-hybridized carbons (Fsp3) is 0.520. The van der Waals surface area contributed by atoms with Crippen LogP contribution in [-0.4, -0.2) is 54.9 Å². The topological polar surface area (TPSA) is 47.0 Å². The molecule has 0 spiro atoms. The van der Waals surface area contributed by atoms with Crippen LogP contribution < -0.4 is 15.1 Å². The van der Waals surface area contributed by atoms with E-state index in [0.717, 1.165) is 38.5 Å². The van der Waals surface area contributed by atoms with Crippen LogP contribution in [0.3, 0.4) is 0 Å². The van der Waals surface area contributed by atoms with E-state index < -0.39 is 0 Å². The van der Waals surface area contributed by atoms with E-state index >= 15 is 0 Å². The van der Waals surface area contributed by atoms with Crippen molar-refractivity contribution in [2.24, 2.45) is 16.8 Å². The van der Waals surface area contributed by atoms with Gasteiger partial charge in [-0.25, -0.2) is 4.98 Å². The molecule has 6 heteroatoms. The van der Waals surface area contributed by atoms with Gasteiger partial charge in [0, 0.05) is 74.1 Å². The first-order valence-corrected chi connectivity index (χ1v) is 12.0. The second-order valence-electron chi connectivity index (χ2n) is 9.27. The van der Waals surface area contributed by atoms with Crippen LogP contribution in [0.25, 0.3) is 0 Å². The lowest BCUT2D eigenvalue weighted by molar-refractivity contribution is 0.251. The summed E-state index contributed by atoms with van der Waals surface area (Å²) in [4.78, 5) is 16.7. The predicted octanol–water partition coefficient (Wildman–Crippen LogP) is 3.52. The van der Waals surface area contributed by atoms with Gasteiger partial charge in [-0.1, -0.05) is 25.3 Å². The minimum absolute atomic E-state index is 0.392. The van der Waals surface area contributed by atoms with E-state index in [9.17, 15) is 0 Å². The molecule has 1 aromatic rings. The molecule has 0 amide bonds. The molecule has 3 fully saturated rings. The number of piperazine rings is 1. The third-order valence-electron chi connectivity index (χ3n) is 7.44. The number of dihydropyridines is 1. The maximum atomic E-state index is 4.83. The Morgan fingerprint density at radius 3 is 2.65 bits per heavy atom. The Hall–Kier alpha value is -2.60. The number of likely N-dealkylation sites (tertiary alicyclic amines) is 1. The number of nitrogens with zero attached hydrogens (tertiary/aromatic N) is 5. The molecule has 31 heavy (non-hydrogen) atoms. The predicted molar refractivity (Wildman–Crippen MR) is 126 cm³/mol. The van der Waals surface area contributed by atoms with Gasteiger partial charge < -0.3 is 20.0 Å². The SMILES string of the molecule is C1=CN(c2ccc(N3CCNCC3)cn2)C=C2C1C1C=NCC=C1N2C1CCCCC1. The van der Waals surface area contributed by atoms with Gasteiger partial charge in [0.1, 0.15) is 5.82 Å². The van der Waals surface area contributed by atoms with Crippen molar-refractivity contribution in [3.8, 4) is 0 Å². The van der Waals surface area contributed by atoms with Crippen molar-refractivity contribution in [3.63, 3.8) is 0 Å². The smallest absolute Gasteiger partial charge is 0.136 e. The molecule has 5 aliphatic rings. The number of anilines is 2. The van der Waals surface area contributed by atoms with Gasteiger partial charge in [0.2, 0.25) is 0 Å². The zero-order valence-corrected chi connectivity index (χ0v) is 18.2. The highest BCUT2D eigenvalue weighted by Crippen LogP contribution is 2.47. The maximum Gasteiger partial charge on any atom is 0.136 e. The molecule has 1 aromatic heterocycles. The van der Waals surface area contributed by atoms with Crippen molar-refractivity contribution < 1.29 is 0 Å². The normalized spacial score (nSPS) is 28.3. The van der Waals surface area contributed by atoms with E-state index in [4.69, 9.17) is 4.98 Å². The molecule has 6 nitrogen and oxygen atoms in total. The minimum atomic E-state index is 0.392. The summed E-state index contributed by atoms with van der Waals surface area (Å²) >= 11 is 0. The minimum Gasteiger partial charge on any atom is -0.368 e. The average molecular weight is 417 g/mol. The van der Waals surface area contributed by atoms with Gasteiger partial charge >= 0.3 is 0 Å². The van der Waals surface area contributed by atoms with E-state index in [0.29, 0.717) is 17.9 Å². The number of pyridine rings is 1. The van der Waals surface area contributed by atoms with Gasteiger partial charge in [-0.05, 0) is 31.1 Å². The van der Waals surface area contributed by atoms with Crippen LogP contribution in [0.1, 0.15) is 32.1 Å². The molecule has 2 unspecified atom stereocenters. The number of aliphatic imine (C=N–C) groups is 1. The largest absolute Gasteiger partial charge is 0.368 e. The van der Waals surface area contributed by atoms with Crippen molar-refractivity contribution in [3.05, 3.63) is 54.3 Å². The fourth-order valence-corrected chi connectivity index (χ4v) is 5.84. The summed E-state index contributed by atoms with van der Waals surface area (Å²) in [5, 5.41) is 3.42. The zero-order chi connectivity index (χ0) is 20.6. The Kier molecular flexibility index (Phi) is 5.03. The molecule has 1 N–H and O–H groups in total. The molecule has 2 atom stereocenters. The third kappa shape index (κ3) is 3.47. The van der Waals surface area contributed by atoms with E-state index in [1.807, 2.05) is 6.20 Å². The Bertz CT molecular complexity index is 918. The van der Waals surface area contributed by atoms with Gasteiger partial charge in [0.05, 0.1) is 18.4 Å². The first-order valence-electron chi connectivity index (χ1n) is 12.0. The molecule has 2 saturated heterocycles. The lowest BCUT2D eigenvalue weighted by Gasteiger charge is -2.36. The van der Waals surface area contributed by atoms with Crippen LogP contribution >= 0.6 is 0 Å². The van der Waals surface area contributed by atoms with Crippen molar-refractivity contribution in [2.75, 3.05) is 42.5 Å². The lowest BCUT2D eigenvalue weighted by Crippen LogP contribution is -2.43. The number of rotatable bonds is 3. The van der Waals surface area contributed by atoms with Crippen molar-refractivity contribution in [1.82, 2.24) is 15.2 Å². The Balaban J connectivity index is 1.29. The van der Waals surface area contributed by atoms with E-state index in [1.54, 1.807) is 0 Å². The quantitative estimate of drug-likeness (QED) is 0.817. The highest BCUT2D eigenvalue weighted by Gasteiger charge is 2.44. The maximum absolute atomic E-state index is 4.83. The molecular weight excluding hydrogens is 384 g/mol. The van der Waals surface area contributed by atoms with E-state index in [-0.39, 0.29) is 0 Å². The second kappa shape index (κ2) is 8.15. The lowest BCUT2D eigenvalue weighted by atomic mass is 9.90. The Morgan fingerprint density at radius 1 is 0.968 bits per heavy atom. The molecule has 0 aromatic carbocycles. The summed E-state index contributed by atoms with van der Waals surface area (Å²) in [5.41, 5.74) is 4.12. The van der Waals surface area contributed by atoms with Gasteiger partial charge in [-0.3, -0.25) is 4.99 Å². The summed E-state index contributed by atoms with van der Waals surface area (Å²) in [5.74, 6) is 1.78. The van der Waals surface area contributed by atoms with Gasteiger partial charge in [0.25, 0.3) is 0 Å². The van der Waals surface area contributed by atoms with Gasteiger partial charge in [-0.15, -0.1) is 0 Å². The molecule has 162 valence electrons. The van der Waals surface area contributed by atoms with E-state index in [1.165, 1.54) is 49.2 Å². The van der Waals surface area contributed by atoms with Crippen molar-refractivity contribution in [1.29, 1.82) is 0 Å². The van der Waals surface area contributed by atoms with Crippen LogP contribution in [0.4, 0.5) is 11.5 Å². The summed E-state index contributed by atoms with van der Waals surface area (Å²) in [6, 6.07) is 5.00. The number of hydrogen-bond donors (Lipinski definition) is 1. The summed E-state index contributed by atoms with van der Waals surface area (Å²) in [6.07, 6.45) is 20.1. The summed E-state index contributed by atoms with van der Waals surface area (Å²) in [7, 11) is 0. The zero-order valence-electron chi connectivity index (χ0n) is 18.2. The first kappa shape index (κ1) is 19.1. The number of aromatic nitrogens is 1. The Morgan fingerprint density at radius 2 is 1.84 bits per heavy atom. The van der Waals surface area contributed by atoms with Crippen LogP contribution in [-0.2, 0) is 0 Å². The average Bonchev–Trinajstić information content (AvgIpc) is 3.19. The van der Waals surface area contributed by atoms with Crippen molar-refractivity contribution >= 4 is 17.7 Å². The van der Waals surface area contributed by atoms with Crippen molar-refractivity contribution in [2.45, 2.75) is 38.1 Å². The van der Waals surface area contributed by atoms with Gasteiger partial charge in [0.15, 0.2) is 0 Å². The molecular formula is C25H32N6. The van der Waals surface area contributed by atoms with Crippen LogP contribution in [0.15, 0.2) is 59.3 Å². The standard InChI is InChI=1S/C25H32N6/c1-2-4-19(5-3-1)31-23-8-10-27-17-22(23)21-9-13-30(18-24(21)31)25-7-6-20(16-28-25)29-14-11-26-12-15-29/h6-9,13,16-19,21-22,26H,1-5,10-12,14-15H2. The van der Waals surface area contributed by atoms with Crippen LogP contribution in [0.2, 0.25) is 0 Å². The van der Waals surface area contributed by atoms with Crippen LogP contribution in [0.5, 0.6) is 0 Å².